The molecule has 0 radical (unpaired) electrons. The molecule has 0 heterocycles. The van der Waals surface area contributed by atoms with Crippen LogP contribution in [0.2, 0.25) is 0 Å². The number of nitrogens with one attached hydrogen (secondary N) is 1. The summed E-state index contributed by atoms with van der Waals surface area (Å²) in [6, 6.07) is 13.6. The Labute approximate surface area is 134 Å². The second-order valence-electron chi connectivity index (χ2n) is 4.11. The molecule has 2 rings (SSSR count). The molecule has 2 aromatic carbocycles. The van der Waals surface area contributed by atoms with Crippen LogP contribution in [0.4, 0.5) is 5.69 Å². The molecule has 102 valence electrons. The molecule has 0 saturated heterocycles. The maximum Gasteiger partial charge on any atom is 0.123 e. The van der Waals surface area contributed by atoms with Crippen molar-refractivity contribution in [3.63, 3.8) is 0 Å². The fourth-order valence-electron chi connectivity index (χ4n) is 1.84. The fraction of sp³-hybridized carbons (Fsp3) is 0.133. The van der Waals surface area contributed by atoms with Crippen molar-refractivity contribution in [2.75, 3.05) is 12.4 Å². The standard InChI is InChI=1S/C15H12Br2N2O/c1-20-15-5-3-13(17)7-11(15)9-19-14-4-2-12(16)6-10(14)8-18/h2-7,19H,9H2,1H3. The highest BCUT2D eigenvalue weighted by Crippen LogP contribution is 2.25. The molecule has 0 unspecified atom stereocenters. The zero-order chi connectivity index (χ0) is 14.5. The second-order valence-corrected chi connectivity index (χ2v) is 5.94. The van der Waals surface area contributed by atoms with Crippen molar-refractivity contribution in [3.8, 4) is 11.8 Å². The van der Waals surface area contributed by atoms with Gasteiger partial charge in [0.25, 0.3) is 0 Å². The molecular weight excluding hydrogens is 384 g/mol. The Bertz CT molecular complexity index is 665. The van der Waals surface area contributed by atoms with Gasteiger partial charge in [0.2, 0.25) is 0 Å². The van der Waals surface area contributed by atoms with Crippen LogP contribution >= 0.6 is 31.9 Å². The van der Waals surface area contributed by atoms with Crippen molar-refractivity contribution >= 4 is 37.5 Å². The number of hydrogen-bond acceptors (Lipinski definition) is 3. The molecule has 0 bridgehead atoms. The van der Waals surface area contributed by atoms with Gasteiger partial charge in [-0.25, -0.2) is 0 Å². The summed E-state index contributed by atoms with van der Waals surface area (Å²) in [5, 5.41) is 12.4. The molecule has 0 amide bonds. The van der Waals surface area contributed by atoms with E-state index in [9.17, 15) is 0 Å². The predicted octanol–water partition coefficient (Wildman–Crippen LogP) is 4.70. The Morgan fingerprint density at radius 3 is 2.55 bits per heavy atom. The third kappa shape index (κ3) is 3.53. The number of halogens is 2. The Hall–Kier alpha value is -1.51. The van der Waals surface area contributed by atoms with Gasteiger partial charge in [0, 0.05) is 21.1 Å². The molecule has 0 saturated carbocycles. The topological polar surface area (TPSA) is 45.0 Å². The summed E-state index contributed by atoms with van der Waals surface area (Å²) in [4.78, 5) is 0. The smallest absolute Gasteiger partial charge is 0.123 e. The first-order chi connectivity index (χ1) is 9.63. The van der Waals surface area contributed by atoms with Crippen molar-refractivity contribution in [2.24, 2.45) is 0 Å². The molecule has 0 aromatic heterocycles. The van der Waals surface area contributed by atoms with Gasteiger partial charge in [-0.1, -0.05) is 31.9 Å². The molecule has 0 aliphatic rings. The third-order valence-electron chi connectivity index (χ3n) is 2.81. The van der Waals surface area contributed by atoms with Gasteiger partial charge in [-0.2, -0.15) is 5.26 Å². The van der Waals surface area contributed by atoms with Gasteiger partial charge in [0.05, 0.1) is 18.4 Å². The van der Waals surface area contributed by atoms with Crippen molar-refractivity contribution < 1.29 is 4.74 Å². The van der Waals surface area contributed by atoms with Crippen molar-refractivity contribution in [2.45, 2.75) is 6.54 Å². The molecular formula is C15H12Br2N2O. The minimum Gasteiger partial charge on any atom is -0.496 e. The highest BCUT2D eigenvalue weighted by Gasteiger charge is 2.06. The van der Waals surface area contributed by atoms with Gasteiger partial charge < -0.3 is 10.1 Å². The number of nitrogens with zero attached hydrogens (tertiary/aromatic N) is 1. The van der Waals surface area contributed by atoms with Crippen LogP contribution in [0.25, 0.3) is 0 Å². The molecule has 0 aliphatic heterocycles. The average molecular weight is 396 g/mol. The lowest BCUT2D eigenvalue weighted by Gasteiger charge is -2.12. The van der Waals surface area contributed by atoms with Crippen molar-refractivity contribution in [1.29, 1.82) is 5.26 Å². The lowest BCUT2D eigenvalue weighted by Crippen LogP contribution is -2.03. The maximum absolute atomic E-state index is 9.14. The SMILES string of the molecule is COc1ccc(Br)cc1CNc1ccc(Br)cc1C#N. The van der Waals surface area contributed by atoms with E-state index in [2.05, 4.69) is 43.2 Å². The number of hydrogen-bond donors (Lipinski definition) is 1. The first kappa shape index (κ1) is 14.9. The van der Waals surface area contributed by atoms with E-state index < -0.39 is 0 Å². The molecule has 2 aromatic rings. The highest BCUT2D eigenvalue weighted by molar-refractivity contribution is 9.10. The number of benzene rings is 2. The lowest BCUT2D eigenvalue weighted by atomic mass is 10.1. The van der Waals surface area contributed by atoms with Crippen LogP contribution in [0.3, 0.4) is 0 Å². The van der Waals surface area contributed by atoms with E-state index >= 15 is 0 Å². The van der Waals surface area contributed by atoms with Crippen LogP contribution in [0.1, 0.15) is 11.1 Å². The van der Waals surface area contributed by atoms with E-state index in [-0.39, 0.29) is 0 Å². The van der Waals surface area contributed by atoms with E-state index in [1.54, 1.807) is 13.2 Å². The normalized spacial score (nSPS) is 9.90. The molecule has 0 aliphatic carbocycles. The quantitative estimate of drug-likeness (QED) is 0.815. The summed E-state index contributed by atoms with van der Waals surface area (Å²) < 4.78 is 7.21. The van der Waals surface area contributed by atoms with E-state index in [1.807, 2.05) is 30.3 Å². The Balaban J connectivity index is 2.21. The summed E-state index contributed by atoms with van der Waals surface area (Å²) in [7, 11) is 1.65. The van der Waals surface area contributed by atoms with Gasteiger partial charge in [-0.3, -0.25) is 0 Å². The average Bonchev–Trinajstić information content (AvgIpc) is 2.46. The van der Waals surface area contributed by atoms with Gasteiger partial charge in [0.1, 0.15) is 11.8 Å². The number of rotatable bonds is 4. The molecule has 5 heteroatoms. The summed E-state index contributed by atoms with van der Waals surface area (Å²) in [5.74, 6) is 0.816. The van der Waals surface area contributed by atoms with Crippen LogP contribution in [-0.4, -0.2) is 7.11 Å². The van der Waals surface area contributed by atoms with E-state index in [4.69, 9.17) is 10.00 Å². The Morgan fingerprint density at radius 1 is 1.15 bits per heavy atom. The van der Waals surface area contributed by atoms with Crippen LogP contribution in [0, 0.1) is 11.3 Å². The van der Waals surface area contributed by atoms with Gasteiger partial charge in [-0.15, -0.1) is 0 Å². The number of anilines is 1. The predicted molar refractivity (Wildman–Crippen MR) is 86.9 cm³/mol. The van der Waals surface area contributed by atoms with E-state index in [0.717, 1.165) is 25.9 Å². The van der Waals surface area contributed by atoms with E-state index in [1.165, 1.54) is 0 Å². The highest BCUT2D eigenvalue weighted by atomic mass is 79.9. The van der Waals surface area contributed by atoms with Crippen molar-refractivity contribution in [3.05, 3.63) is 56.5 Å². The maximum atomic E-state index is 9.14. The van der Waals surface area contributed by atoms with Gasteiger partial charge in [0.15, 0.2) is 0 Å². The van der Waals surface area contributed by atoms with Crippen LogP contribution in [0.15, 0.2) is 45.3 Å². The summed E-state index contributed by atoms with van der Waals surface area (Å²) in [5.41, 5.74) is 2.43. The molecule has 0 fully saturated rings. The first-order valence-electron chi connectivity index (χ1n) is 5.90. The molecule has 1 N–H and O–H groups in total. The third-order valence-corrected chi connectivity index (χ3v) is 3.80. The van der Waals surface area contributed by atoms with Crippen LogP contribution in [-0.2, 0) is 6.54 Å². The first-order valence-corrected chi connectivity index (χ1v) is 7.48. The molecule has 20 heavy (non-hydrogen) atoms. The van der Waals surface area contributed by atoms with Gasteiger partial charge in [-0.05, 0) is 36.4 Å². The second kappa shape index (κ2) is 6.78. The largest absolute Gasteiger partial charge is 0.496 e. The zero-order valence-corrected chi connectivity index (χ0v) is 14.0. The number of nitriles is 1. The Kier molecular flexibility index (Phi) is 5.05. The summed E-state index contributed by atoms with van der Waals surface area (Å²) in [6.07, 6.45) is 0. The molecule has 3 nitrogen and oxygen atoms in total. The monoisotopic (exact) mass is 394 g/mol. The van der Waals surface area contributed by atoms with Crippen LogP contribution < -0.4 is 10.1 Å². The summed E-state index contributed by atoms with van der Waals surface area (Å²) >= 11 is 6.81. The minimum atomic E-state index is 0.582. The molecule has 0 spiro atoms. The Morgan fingerprint density at radius 2 is 1.85 bits per heavy atom. The zero-order valence-electron chi connectivity index (χ0n) is 10.8. The van der Waals surface area contributed by atoms with Crippen LogP contribution in [0.5, 0.6) is 5.75 Å². The summed E-state index contributed by atoms with van der Waals surface area (Å²) in [6.45, 7) is 0.582. The van der Waals surface area contributed by atoms with Crippen molar-refractivity contribution in [1.82, 2.24) is 0 Å². The van der Waals surface area contributed by atoms with Gasteiger partial charge >= 0.3 is 0 Å². The van der Waals surface area contributed by atoms with E-state index in [0.29, 0.717) is 12.1 Å². The fourth-order valence-corrected chi connectivity index (χ4v) is 2.61. The number of methoxy groups -OCH3 is 1. The number of ether oxygens (including phenoxy) is 1. The minimum absolute atomic E-state index is 0.582. The lowest BCUT2D eigenvalue weighted by molar-refractivity contribution is 0.410. The molecule has 0 atom stereocenters.